The lowest BCUT2D eigenvalue weighted by molar-refractivity contribution is 0.262. The highest BCUT2D eigenvalue weighted by molar-refractivity contribution is 5.99. The maximum atomic E-state index is 11.9. The van der Waals surface area contributed by atoms with Crippen LogP contribution in [0.3, 0.4) is 0 Å². The summed E-state index contributed by atoms with van der Waals surface area (Å²) in [5, 5.41) is 5.51. The third-order valence-electron chi connectivity index (χ3n) is 3.37. The number of aromatic nitrogens is 1. The van der Waals surface area contributed by atoms with Crippen LogP contribution in [0.4, 0.5) is 22.0 Å². The average molecular weight is 312 g/mol. The number of hydrogen-bond donors (Lipinski definition) is 2. The number of benzene rings is 1. The maximum absolute atomic E-state index is 11.9. The van der Waals surface area contributed by atoms with E-state index in [1.807, 2.05) is 48.7 Å². The highest BCUT2D eigenvalue weighted by atomic mass is 16.2. The second-order valence-electron chi connectivity index (χ2n) is 5.33. The minimum atomic E-state index is -0.296. The SMILES string of the molecule is CCCN(CCC)c1ccc(NC(=O)Nc2ccccc2)nc1. The molecule has 2 rings (SSSR count). The zero-order chi connectivity index (χ0) is 16.5. The molecule has 0 bridgehead atoms. The number of rotatable bonds is 7. The third-order valence-corrected chi connectivity index (χ3v) is 3.37. The summed E-state index contributed by atoms with van der Waals surface area (Å²) in [6.07, 6.45) is 4.00. The van der Waals surface area contributed by atoms with E-state index in [1.54, 1.807) is 0 Å². The predicted molar refractivity (Wildman–Crippen MR) is 96.1 cm³/mol. The summed E-state index contributed by atoms with van der Waals surface area (Å²) in [4.78, 5) is 18.6. The summed E-state index contributed by atoms with van der Waals surface area (Å²) in [5.41, 5.74) is 1.83. The molecule has 2 amide bonds. The van der Waals surface area contributed by atoms with Crippen LogP contribution in [0.1, 0.15) is 26.7 Å². The molecule has 2 N–H and O–H groups in total. The fourth-order valence-corrected chi connectivity index (χ4v) is 2.36. The van der Waals surface area contributed by atoms with Crippen molar-refractivity contribution in [2.45, 2.75) is 26.7 Å². The summed E-state index contributed by atoms with van der Waals surface area (Å²) in [6, 6.07) is 12.9. The van der Waals surface area contributed by atoms with Crippen molar-refractivity contribution in [2.24, 2.45) is 0 Å². The highest BCUT2D eigenvalue weighted by Crippen LogP contribution is 2.16. The number of para-hydroxylation sites is 1. The summed E-state index contributed by atoms with van der Waals surface area (Å²) in [6.45, 7) is 6.35. The molecule has 5 heteroatoms. The molecule has 1 heterocycles. The third kappa shape index (κ3) is 5.29. The molecule has 0 saturated heterocycles. The van der Waals surface area contributed by atoms with E-state index in [1.165, 1.54) is 0 Å². The minimum Gasteiger partial charge on any atom is -0.370 e. The molecule has 0 aliphatic rings. The van der Waals surface area contributed by atoms with E-state index in [4.69, 9.17) is 0 Å². The Kier molecular flexibility index (Phi) is 6.41. The van der Waals surface area contributed by atoms with Crippen molar-refractivity contribution >= 4 is 23.2 Å². The zero-order valence-corrected chi connectivity index (χ0v) is 13.7. The van der Waals surface area contributed by atoms with Gasteiger partial charge >= 0.3 is 6.03 Å². The first-order valence-corrected chi connectivity index (χ1v) is 8.07. The molecule has 2 aromatic rings. The number of nitrogens with one attached hydrogen (secondary N) is 2. The van der Waals surface area contributed by atoms with Gasteiger partial charge in [0, 0.05) is 18.8 Å². The average Bonchev–Trinajstić information content (AvgIpc) is 2.56. The molecule has 5 nitrogen and oxygen atoms in total. The molecule has 0 spiro atoms. The van der Waals surface area contributed by atoms with Gasteiger partial charge in [-0.3, -0.25) is 5.32 Å². The molecule has 0 aliphatic carbocycles. The van der Waals surface area contributed by atoms with Crippen molar-refractivity contribution in [3.8, 4) is 0 Å². The zero-order valence-electron chi connectivity index (χ0n) is 13.7. The largest absolute Gasteiger partial charge is 0.370 e. The van der Waals surface area contributed by atoms with Crippen molar-refractivity contribution in [2.75, 3.05) is 28.6 Å². The maximum Gasteiger partial charge on any atom is 0.324 e. The van der Waals surface area contributed by atoms with E-state index in [2.05, 4.69) is 34.4 Å². The molecule has 0 fully saturated rings. The summed E-state index contributed by atoms with van der Waals surface area (Å²) in [7, 11) is 0. The quantitative estimate of drug-likeness (QED) is 0.799. The number of nitrogens with zero attached hydrogens (tertiary/aromatic N) is 2. The van der Waals surface area contributed by atoms with Gasteiger partial charge in [0.05, 0.1) is 11.9 Å². The van der Waals surface area contributed by atoms with Crippen molar-refractivity contribution in [1.82, 2.24) is 4.98 Å². The van der Waals surface area contributed by atoms with E-state index in [-0.39, 0.29) is 6.03 Å². The van der Waals surface area contributed by atoms with Gasteiger partial charge in [-0.2, -0.15) is 0 Å². The van der Waals surface area contributed by atoms with Gasteiger partial charge in [-0.1, -0.05) is 32.0 Å². The lowest BCUT2D eigenvalue weighted by Crippen LogP contribution is -2.25. The molecule has 122 valence electrons. The van der Waals surface area contributed by atoms with Gasteiger partial charge in [0.1, 0.15) is 5.82 Å². The molecule has 0 unspecified atom stereocenters. The first kappa shape index (κ1) is 16.8. The predicted octanol–water partition coefficient (Wildman–Crippen LogP) is 4.35. The van der Waals surface area contributed by atoms with Gasteiger partial charge < -0.3 is 10.2 Å². The first-order chi connectivity index (χ1) is 11.2. The van der Waals surface area contributed by atoms with Crippen LogP contribution < -0.4 is 15.5 Å². The number of pyridine rings is 1. The second kappa shape index (κ2) is 8.78. The van der Waals surface area contributed by atoms with Crippen molar-refractivity contribution < 1.29 is 4.79 Å². The number of carbonyl (C=O) groups is 1. The molecule has 1 aromatic heterocycles. The van der Waals surface area contributed by atoms with Gasteiger partial charge in [0.2, 0.25) is 0 Å². The number of amides is 2. The lowest BCUT2D eigenvalue weighted by atomic mass is 10.3. The first-order valence-electron chi connectivity index (χ1n) is 8.07. The molecule has 0 aliphatic heterocycles. The molecule has 23 heavy (non-hydrogen) atoms. The molecule has 1 aromatic carbocycles. The van der Waals surface area contributed by atoms with Gasteiger partial charge in [-0.05, 0) is 37.1 Å². The molecular formula is C18H24N4O. The Morgan fingerprint density at radius 3 is 2.26 bits per heavy atom. The van der Waals surface area contributed by atoms with Crippen molar-refractivity contribution in [1.29, 1.82) is 0 Å². The number of anilines is 3. The van der Waals surface area contributed by atoms with Crippen LogP contribution in [-0.2, 0) is 0 Å². The standard InChI is InChI=1S/C18H24N4O/c1-3-12-22(13-4-2)16-10-11-17(19-14-16)21-18(23)20-15-8-6-5-7-9-15/h5-11,14H,3-4,12-13H2,1-2H3,(H2,19,20,21,23). The van der Waals surface area contributed by atoms with E-state index >= 15 is 0 Å². The van der Waals surface area contributed by atoms with Crippen molar-refractivity contribution in [3.05, 3.63) is 48.7 Å². The Hall–Kier alpha value is -2.56. The highest BCUT2D eigenvalue weighted by Gasteiger charge is 2.07. The Morgan fingerprint density at radius 1 is 1.00 bits per heavy atom. The monoisotopic (exact) mass is 312 g/mol. The van der Waals surface area contributed by atoms with Crippen LogP contribution >= 0.6 is 0 Å². The van der Waals surface area contributed by atoms with Crippen molar-refractivity contribution in [3.63, 3.8) is 0 Å². The lowest BCUT2D eigenvalue weighted by Gasteiger charge is -2.23. The Bertz CT molecular complexity index is 592. The Balaban J connectivity index is 1.95. The minimum absolute atomic E-state index is 0.296. The fourth-order valence-electron chi connectivity index (χ4n) is 2.36. The molecule has 0 saturated carbocycles. The number of carbonyl (C=O) groups excluding carboxylic acids is 1. The van der Waals surface area contributed by atoms with Crippen LogP contribution in [-0.4, -0.2) is 24.1 Å². The normalized spacial score (nSPS) is 10.2. The van der Waals surface area contributed by atoms with E-state index in [9.17, 15) is 4.79 Å². The van der Waals surface area contributed by atoms with Crippen LogP contribution in [0.15, 0.2) is 48.7 Å². The van der Waals surface area contributed by atoms with Gasteiger partial charge in [-0.25, -0.2) is 9.78 Å². The van der Waals surface area contributed by atoms with Crippen LogP contribution in [0.2, 0.25) is 0 Å². The molecular weight excluding hydrogens is 288 g/mol. The van der Waals surface area contributed by atoms with Gasteiger partial charge in [-0.15, -0.1) is 0 Å². The van der Waals surface area contributed by atoms with Crippen LogP contribution in [0.25, 0.3) is 0 Å². The number of hydrogen-bond acceptors (Lipinski definition) is 3. The summed E-state index contributed by atoms with van der Waals surface area (Å²) < 4.78 is 0. The summed E-state index contributed by atoms with van der Waals surface area (Å²) in [5.74, 6) is 0.537. The number of urea groups is 1. The smallest absolute Gasteiger partial charge is 0.324 e. The topological polar surface area (TPSA) is 57.3 Å². The Morgan fingerprint density at radius 2 is 1.70 bits per heavy atom. The van der Waals surface area contributed by atoms with Gasteiger partial charge in [0.25, 0.3) is 0 Å². The van der Waals surface area contributed by atoms with E-state index in [0.717, 1.165) is 37.3 Å². The second-order valence-corrected chi connectivity index (χ2v) is 5.33. The van der Waals surface area contributed by atoms with E-state index in [0.29, 0.717) is 5.82 Å². The molecule has 0 atom stereocenters. The van der Waals surface area contributed by atoms with Gasteiger partial charge in [0.15, 0.2) is 0 Å². The van der Waals surface area contributed by atoms with Crippen LogP contribution in [0, 0.1) is 0 Å². The summed E-state index contributed by atoms with van der Waals surface area (Å²) >= 11 is 0. The fraction of sp³-hybridized carbons (Fsp3) is 0.333. The van der Waals surface area contributed by atoms with Crippen LogP contribution in [0.5, 0.6) is 0 Å². The van der Waals surface area contributed by atoms with E-state index < -0.39 is 0 Å². The Labute approximate surface area is 137 Å². The molecule has 0 radical (unpaired) electrons.